The predicted molar refractivity (Wildman–Crippen MR) is 144 cm³/mol. The molecular formula is C27H32N4O4S2. The van der Waals surface area contributed by atoms with E-state index in [-0.39, 0.29) is 42.1 Å². The van der Waals surface area contributed by atoms with Crippen LogP contribution in [0.15, 0.2) is 42.0 Å². The maximum absolute atomic E-state index is 13.2. The van der Waals surface area contributed by atoms with Crippen molar-refractivity contribution in [2.24, 2.45) is 16.7 Å². The van der Waals surface area contributed by atoms with Gasteiger partial charge in [0.1, 0.15) is 0 Å². The fourth-order valence-corrected chi connectivity index (χ4v) is 7.91. The number of aromatic nitrogens is 2. The number of nitrogens with zero attached hydrogens (tertiary/aromatic N) is 2. The van der Waals surface area contributed by atoms with Gasteiger partial charge >= 0.3 is 0 Å². The number of amides is 2. The normalized spacial score (nSPS) is 28.7. The molecule has 0 bridgehead atoms. The number of aliphatic hydroxyl groups is 2. The van der Waals surface area contributed by atoms with Crippen molar-refractivity contribution in [1.29, 1.82) is 0 Å². The summed E-state index contributed by atoms with van der Waals surface area (Å²) >= 11 is 2.80. The third kappa shape index (κ3) is 4.83. The molecule has 2 amide bonds. The van der Waals surface area contributed by atoms with Crippen LogP contribution in [0.5, 0.6) is 0 Å². The van der Waals surface area contributed by atoms with Crippen LogP contribution in [0, 0.1) is 16.7 Å². The molecule has 1 saturated carbocycles. The summed E-state index contributed by atoms with van der Waals surface area (Å²) in [7, 11) is 0. The van der Waals surface area contributed by atoms with Gasteiger partial charge in [-0.1, -0.05) is 26.0 Å². The van der Waals surface area contributed by atoms with Crippen molar-refractivity contribution in [1.82, 2.24) is 15.3 Å². The zero-order valence-corrected chi connectivity index (χ0v) is 22.6. The maximum Gasteiger partial charge on any atom is 0.267 e. The molecule has 8 nitrogen and oxygen atoms in total. The number of aliphatic hydroxyl groups excluding tert-OH is 2. The molecule has 0 spiro atoms. The highest BCUT2D eigenvalue weighted by Crippen LogP contribution is 2.62. The van der Waals surface area contributed by atoms with Crippen LogP contribution < -0.4 is 10.6 Å². The van der Waals surface area contributed by atoms with Crippen LogP contribution in [0.1, 0.15) is 64.8 Å². The smallest absolute Gasteiger partial charge is 0.267 e. The molecule has 2 aliphatic carbocycles. The molecule has 0 aromatic carbocycles. The van der Waals surface area contributed by atoms with Gasteiger partial charge < -0.3 is 15.5 Å². The Balaban J connectivity index is 1.45. The van der Waals surface area contributed by atoms with E-state index in [4.69, 9.17) is 4.98 Å². The quantitative estimate of drug-likeness (QED) is 0.359. The van der Waals surface area contributed by atoms with Gasteiger partial charge in [0, 0.05) is 41.6 Å². The number of hydrogen-bond donors (Lipinski definition) is 4. The molecule has 196 valence electrons. The summed E-state index contributed by atoms with van der Waals surface area (Å²) in [6.07, 6.45) is 4.96. The topological polar surface area (TPSA) is 124 Å². The van der Waals surface area contributed by atoms with Gasteiger partial charge in [0.05, 0.1) is 23.3 Å². The summed E-state index contributed by atoms with van der Waals surface area (Å²) in [5.41, 5.74) is 0.724. The molecule has 10 heteroatoms. The number of thiophene rings is 1. The van der Waals surface area contributed by atoms with Crippen molar-refractivity contribution in [3.05, 3.63) is 63.1 Å². The lowest BCUT2D eigenvalue weighted by Gasteiger charge is -2.58. The molecule has 3 heterocycles. The number of carbonyl (C=O) groups is 2. The third-order valence-electron chi connectivity index (χ3n) is 8.46. The van der Waals surface area contributed by atoms with Gasteiger partial charge in [-0.25, -0.2) is 4.98 Å². The number of pyridine rings is 1. The van der Waals surface area contributed by atoms with E-state index in [0.717, 1.165) is 22.6 Å². The molecule has 1 fully saturated rings. The first-order valence-electron chi connectivity index (χ1n) is 12.5. The number of carbonyl (C=O) groups excluding carboxylic acids is 2. The Labute approximate surface area is 224 Å². The van der Waals surface area contributed by atoms with E-state index in [1.165, 1.54) is 22.7 Å². The van der Waals surface area contributed by atoms with Crippen LogP contribution in [0.25, 0.3) is 0 Å². The van der Waals surface area contributed by atoms with E-state index in [9.17, 15) is 19.8 Å². The highest BCUT2D eigenvalue weighted by molar-refractivity contribution is 7.16. The van der Waals surface area contributed by atoms with Crippen LogP contribution in [0.2, 0.25) is 0 Å². The van der Waals surface area contributed by atoms with E-state index < -0.39 is 11.5 Å². The molecule has 0 aliphatic heterocycles. The van der Waals surface area contributed by atoms with Crippen LogP contribution in [-0.2, 0) is 17.8 Å². The lowest BCUT2D eigenvalue weighted by molar-refractivity contribution is -0.144. The molecule has 0 saturated heterocycles. The summed E-state index contributed by atoms with van der Waals surface area (Å²) in [5, 5.41) is 29.7. The van der Waals surface area contributed by atoms with E-state index in [1.54, 1.807) is 18.5 Å². The second kappa shape index (κ2) is 10.2. The number of hydrogen-bond acceptors (Lipinski definition) is 8. The number of anilines is 1. The van der Waals surface area contributed by atoms with Crippen LogP contribution in [0.3, 0.4) is 0 Å². The summed E-state index contributed by atoms with van der Waals surface area (Å²) in [5.74, 6) is -0.544. The van der Waals surface area contributed by atoms with Gasteiger partial charge in [-0.05, 0) is 53.7 Å². The number of thiazole rings is 1. The molecular weight excluding hydrogens is 508 g/mol. The largest absolute Gasteiger partial charge is 0.396 e. The van der Waals surface area contributed by atoms with E-state index in [0.29, 0.717) is 29.4 Å². The monoisotopic (exact) mass is 540 g/mol. The average molecular weight is 541 g/mol. The SMILES string of the molecule is CC1(CO)C(O)CCC2(C)C(CC(=O)NCc3cccnc3)c3nc(NC(=O)c4cccs4)sc3CC12. The molecule has 5 unspecified atom stereocenters. The lowest BCUT2D eigenvalue weighted by Crippen LogP contribution is -2.57. The highest BCUT2D eigenvalue weighted by Gasteiger charge is 2.59. The first-order chi connectivity index (χ1) is 17.7. The van der Waals surface area contributed by atoms with E-state index in [2.05, 4.69) is 22.5 Å². The van der Waals surface area contributed by atoms with Crippen LogP contribution in [0.4, 0.5) is 5.13 Å². The standard InChI is InChI=1S/C27H32N4O4S2/c1-26-8-7-21(33)27(2,15-32)20(26)12-19-23(30-25(37-19)31-24(35)18-6-4-10-36-18)17(26)11-22(34)29-14-16-5-3-9-28-13-16/h3-6,9-10,13,17,20-21,32-33H,7-8,11-12,14-15H2,1-2H3,(H,29,34)(H,30,31,35). The summed E-state index contributed by atoms with van der Waals surface area (Å²) in [6.45, 7) is 4.37. The molecule has 5 rings (SSSR count). The average Bonchev–Trinajstić information content (AvgIpc) is 3.57. The molecule has 37 heavy (non-hydrogen) atoms. The number of fused-ring (bicyclic) bond motifs is 2. The van der Waals surface area contributed by atoms with E-state index >= 15 is 0 Å². The third-order valence-corrected chi connectivity index (χ3v) is 10.3. The van der Waals surface area contributed by atoms with Crippen molar-refractivity contribution in [3.63, 3.8) is 0 Å². The van der Waals surface area contributed by atoms with Gasteiger partial charge in [-0.15, -0.1) is 22.7 Å². The van der Waals surface area contributed by atoms with Crippen LogP contribution in [-0.4, -0.2) is 44.7 Å². The summed E-state index contributed by atoms with van der Waals surface area (Å²) in [4.78, 5) is 36.5. The van der Waals surface area contributed by atoms with Crippen LogP contribution >= 0.6 is 22.7 Å². The highest BCUT2D eigenvalue weighted by atomic mass is 32.1. The molecule has 3 aromatic rings. The second-order valence-corrected chi connectivity index (χ2v) is 12.7. The Morgan fingerprint density at radius 1 is 1.24 bits per heavy atom. The van der Waals surface area contributed by atoms with Gasteiger partial charge in [-0.2, -0.15) is 0 Å². The van der Waals surface area contributed by atoms with Gasteiger partial charge in [0.25, 0.3) is 5.91 Å². The van der Waals surface area contributed by atoms with Gasteiger partial charge in [0.2, 0.25) is 5.91 Å². The minimum absolute atomic E-state index is 0.0429. The number of rotatable bonds is 7. The summed E-state index contributed by atoms with van der Waals surface area (Å²) in [6, 6.07) is 7.36. The predicted octanol–water partition coefficient (Wildman–Crippen LogP) is 3.97. The zero-order valence-electron chi connectivity index (χ0n) is 20.9. The van der Waals surface area contributed by atoms with Gasteiger partial charge in [-0.3, -0.25) is 19.9 Å². The number of nitrogens with one attached hydrogen (secondary N) is 2. The Kier molecular flexibility index (Phi) is 7.19. The Morgan fingerprint density at radius 2 is 2.08 bits per heavy atom. The fourth-order valence-electron chi connectivity index (χ4n) is 6.23. The fraction of sp³-hybridized carbons (Fsp3) is 0.481. The molecule has 3 aromatic heterocycles. The first kappa shape index (κ1) is 26.0. The second-order valence-electron chi connectivity index (χ2n) is 10.6. The molecule has 0 radical (unpaired) electrons. The molecule has 4 N–H and O–H groups in total. The Hall–Kier alpha value is -2.66. The lowest BCUT2D eigenvalue weighted by atomic mass is 9.47. The molecule has 5 atom stereocenters. The van der Waals surface area contributed by atoms with Crippen molar-refractivity contribution >= 4 is 39.6 Å². The first-order valence-corrected chi connectivity index (χ1v) is 14.2. The summed E-state index contributed by atoms with van der Waals surface area (Å²) < 4.78 is 0. The maximum atomic E-state index is 13.2. The minimum atomic E-state index is -0.695. The van der Waals surface area contributed by atoms with Crippen molar-refractivity contribution in [2.75, 3.05) is 11.9 Å². The minimum Gasteiger partial charge on any atom is -0.396 e. The van der Waals surface area contributed by atoms with E-state index in [1.807, 2.05) is 30.5 Å². The van der Waals surface area contributed by atoms with Crippen molar-refractivity contribution in [3.8, 4) is 0 Å². The Morgan fingerprint density at radius 3 is 2.78 bits per heavy atom. The van der Waals surface area contributed by atoms with Crippen molar-refractivity contribution in [2.45, 2.75) is 58.1 Å². The zero-order chi connectivity index (χ0) is 26.2. The Bertz CT molecular complexity index is 1260. The van der Waals surface area contributed by atoms with Crippen molar-refractivity contribution < 1.29 is 19.8 Å². The van der Waals surface area contributed by atoms with Gasteiger partial charge in [0.15, 0.2) is 5.13 Å². The molecule has 2 aliphatic rings.